The molecule has 1 aromatic rings. The number of esters is 1. The molecule has 12 heavy (non-hydrogen) atoms. The van der Waals surface area contributed by atoms with Crippen LogP contribution in [0, 0.1) is 0 Å². The summed E-state index contributed by atoms with van der Waals surface area (Å²) in [6, 6.07) is 9.06. The third kappa shape index (κ3) is 3.90. The number of benzene rings is 1. The summed E-state index contributed by atoms with van der Waals surface area (Å²) < 4.78 is 4.92. The molecule has 0 saturated carbocycles. The molecule has 1 rings (SSSR count). The van der Waals surface area contributed by atoms with Gasteiger partial charge in [0.25, 0.3) is 0 Å². The van der Waals surface area contributed by atoms with Gasteiger partial charge in [0.1, 0.15) is 5.75 Å². The molecule has 0 radical (unpaired) electrons. The van der Waals surface area contributed by atoms with Crippen molar-refractivity contribution in [3.05, 3.63) is 30.3 Å². The van der Waals surface area contributed by atoms with Crippen LogP contribution in [0.4, 0.5) is 0 Å². The van der Waals surface area contributed by atoms with Gasteiger partial charge in [-0.2, -0.15) is 0 Å². The number of hydrogen-bond donors (Lipinski definition) is 0. The van der Waals surface area contributed by atoms with Gasteiger partial charge in [-0.1, -0.05) is 25.1 Å². The van der Waals surface area contributed by atoms with E-state index in [9.17, 15) is 4.79 Å². The van der Waals surface area contributed by atoms with Crippen molar-refractivity contribution in [3.8, 4) is 5.75 Å². The number of ether oxygens (including phenoxy) is 1. The van der Waals surface area contributed by atoms with Gasteiger partial charge >= 0.3 is 35.5 Å². The van der Waals surface area contributed by atoms with E-state index >= 15 is 0 Å². The molecular formula is C9H11NaO2. The van der Waals surface area contributed by atoms with Crippen molar-refractivity contribution in [2.75, 3.05) is 0 Å². The zero-order valence-corrected chi connectivity index (χ0v) is 9.41. The molecule has 0 aliphatic rings. The molecule has 1 aromatic carbocycles. The molecule has 0 amide bonds. The maximum absolute atomic E-state index is 10.8. The summed E-state index contributed by atoms with van der Waals surface area (Å²) in [4.78, 5) is 10.8. The van der Waals surface area contributed by atoms with Crippen molar-refractivity contribution in [2.45, 2.75) is 13.3 Å². The molecule has 0 N–H and O–H groups in total. The summed E-state index contributed by atoms with van der Waals surface area (Å²) in [6.07, 6.45) is 0.412. The summed E-state index contributed by atoms with van der Waals surface area (Å²) in [5.74, 6) is 0.413. The standard InChI is InChI=1S/C9H10O2.Na.H/c1-2-9(10)11-8-6-4-3-5-7-8;;/h3-7H,2H2,1H3;;/q;+1;-1. The normalized spacial score (nSPS) is 8.42. The maximum atomic E-state index is 10.8. The van der Waals surface area contributed by atoms with Crippen LogP contribution in [0.3, 0.4) is 0 Å². The fraction of sp³-hybridized carbons (Fsp3) is 0.222. The predicted molar refractivity (Wildman–Crippen MR) is 43.5 cm³/mol. The Labute approximate surface area is 95.7 Å². The quantitative estimate of drug-likeness (QED) is 0.330. The molecule has 0 aliphatic heterocycles. The van der Waals surface area contributed by atoms with Crippen molar-refractivity contribution in [1.82, 2.24) is 0 Å². The van der Waals surface area contributed by atoms with Gasteiger partial charge in [-0.3, -0.25) is 4.79 Å². The topological polar surface area (TPSA) is 26.3 Å². The first-order chi connectivity index (χ1) is 5.33. The molecule has 0 aliphatic carbocycles. The number of carbonyl (C=O) groups excluding carboxylic acids is 1. The first-order valence-corrected chi connectivity index (χ1v) is 3.58. The van der Waals surface area contributed by atoms with Crippen LogP contribution in [0.2, 0.25) is 0 Å². The van der Waals surface area contributed by atoms with Crippen LogP contribution in [-0.2, 0) is 4.79 Å². The van der Waals surface area contributed by atoms with Gasteiger partial charge in [0.15, 0.2) is 0 Å². The molecule has 0 fully saturated rings. The minimum atomic E-state index is -0.198. The molecule has 0 unspecified atom stereocenters. The zero-order chi connectivity index (χ0) is 8.10. The molecule has 0 aromatic heterocycles. The van der Waals surface area contributed by atoms with E-state index in [1.54, 1.807) is 19.1 Å². The first-order valence-electron chi connectivity index (χ1n) is 3.58. The third-order valence-electron chi connectivity index (χ3n) is 1.26. The average Bonchev–Trinajstić information content (AvgIpc) is 2.06. The Morgan fingerprint density at radius 3 is 2.50 bits per heavy atom. The van der Waals surface area contributed by atoms with Gasteiger partial charge in [-0.05, 0) is 12.1 Å². The van der Waals surface area contributed by atoms with Crippen LogP contribution < -0.4 is 34.3 Å². The van der Waals surface area contributed by atoms with Crippen LogP contribution in [-0.4, -0.2) is 5.97 Å². The molecule has 60 valence electrons. The van der Waals surface area contributed by atoms with Gasteiger partial charge in [0.05, 0.1) is 0 Å². The van der Waals surface area contributed by atoms with E-state index in [4.69, 9.17) is 4.74 Å². The number of rotatable bonds is 2. The Kier molecular flexibility index (Phi) is 6.07. The fourth-order valence-corrected chi connectivity index (χ4v) is 0.692. The van der Waals surface area contributed by atoms with Crippen molar-refractivity contribution in [1.29, 1.82) is 0 Å². The number of carbonyl (C=O) groups is 1. The van der Waals surface area contributed by atoms with Gasteiger partial charge in [0, 0.05) is 6.42 Å². The molecule has 2 nitrogen and oxygen atoms in total. The third-order valence-corrected chi connectivity index (χ3v) is 1.26. The summed E-state index contributed by atoms with van der Waals surface area (Å²) in [7, 11) is 0. The van der Waals surface area contributed by atoms with Gasteiger partial charge < -0.3 is 6.16 Å². The Morgan fingerprint density at radius 1 is 1.42 bits per heavy atom. The minimum Gasteiger partial charge on any atom is -1.00 e. The predicted octanol–water partition coefficient (Wildman–Crippen LogP) is -0.881. The van der Waals surface area contributed by atoms with Crippen molar-refractivity contribution >= 4 is 5.97 Å². The average molecular weight is 174 g/mol. The summed E-state index contributed by atoms with van der Waals surface area (Å²) in [5, 5.41) is 0. The van der Waals surface area contributed by atoms with Gasteiger partial charge in [0.2, 0.25) is 0 Å². The van der Waals surface area contributed by atoms with Crippen LogP contribution in [0.5, 0.6) is 5.75 Å². The monoisotopic (exact) mass is 174 g/mol. The molecule has 0 bridgehead atoms. The molecule has 0 saturated heterocycles. The van der Waals surface area contributed by atoms with Gasteiger partial charge in [-0.25, -0.2) is 0 Å². The van der Waals surface area contributed by atoms with Crippen molar-refractivity contribution < 1.29 is 40.5 Å². The minimum absolute atomic E-state index is 0. The van der Waals surface area contributed by atoms with Crippen LogP contribution in [0.25, 0.3) is 0 Å². The van der Waals surface area contributed by atoms with E-state index in [-0.39, 0.29) is 37.0 Å². The van der Waals surface area contributed by atoms with E-state index in [0.29, 0.717) is 12.2 Å². The first kappa shape index (κ1) is 11.7. The van der Waals surface area contributed by atoms with E-state index < -0.39 is 0 Å². The summed E-state index contributed by atoms with van der Waals surface area (Å²) >= 11 is 0. The van der Waals surface area contributed by atoms with Crippen LogP contribution in [0.1, 0.15) is 14.8 Å². The smallest absolute Gasteiger partial charge is 1.00 e. The number of para-hydroxylation sites is 1. The Hall–Kier alpha value is -0.310. The van der Waals surface area contributed by atoms with Crippen LogP contribution in [0.15, 0.2) is 30.3 Å². The molecule has 0 atom stereocenters. The number of hydrogen-bond acceptors (Lipinski definition) is 2. The Morgan fingerprint density at radius 2 is 2.00 bits per heavy atom. The molecular weight excluding hydrogens is 163 g/mol. The zero-order valence-electron chi connectivity index (χ0n) is 8.41. The van der Waals surface area contributed by atoms with E-state index in [1.165, 1.54) is 0 Å². The summed E-state index contributed by atoms with van der Waals surface area (Å²) in [6.45, 7) is 1.77. The SMILES string of the molecule is CCC(=O)Oc1ccccc1.[H-].[Na+]. The van der Waals surface area contributed by atoms with E-state index in [0.717, 1.165) is 0 Å². The molecule has 0 heterocycles. The molecule has 0 spiro atoms. The maximum Gasteiger partial charge on any atom is 1.00 e. The second-order valence-corrected chi connectivity index (χ2v) is 2.14. The summed E-state index contributed by atoms with van der Waals surface area (Å²) in [5.41, 5.74) is 0. The Balaban J connectivity index is 0. The fourth-order valence-electron chi connectivity index (χ4n) is 0.692. The van der Waals surface area contributed by atoms with E-state index in [2.05, 4.69) is 0 Å². The second-order valence-electron chi connectivity index (χ2n) is 2.14. The van der Waals surface area contributed by atoms with Crippen molar-refractivity contribution in [2.24, 2.45) is 0 Å². The second kappa shape index (κ2) is 6.23. The van der Waals surface area contributed by atoms with Gasteiger partial charge in [-0.15, -0.1) is 0 Å². The molecule has 3 heteroatoms. The largest absolute Gasteiger partial charge is 1.00 e. The van der Waals surface area contributed by atoms with Crippen molar-refractivity contribution in [3.63, 3.8) is 0 Å². The van der Waals surface area contributed by atoms with E-state index in [1.807, 2.05) is 18.2 Å². The Bertz CT molecular complexity index is 239. The van der Waals surface area contributed by atoms with Crippen LogP contribution >= 0.6 is 0 Å².